The quantitative estimate of drug-likeness (QED) is 0.374. The van der Waals surface area contributed by atoms with E-state index < -0.39 is 5.97 Å². The number of rotatable bonds is 5. The maximum atomic E-state index is 11.1. The van der Waals surface area contributed by atoms with Crippen molar-refractivity contribution in [3.8, 4) is 0 Å². The molecule has 2 aliphatic rings. The number of thioether (sulfide) groups is 1. The summed E-state index contributed by atoms with van der Waals surface area (Å²) in [7, 11) is 0. The van der Waals surface area contributed by atoms with E-state index in [-0.39, 0.29) is 41.6 Å². The molecule has 5 nitrogen and oxygen atoms in total. The van der Waals surface area contributed by atoms with Crippen molar-refractivity contribution in [2.45, 2.75) is 43.0 Å². The molecule has 2 heterocycles. The summed E-state index contributed by atoms with van der Waals surface area (Å²) in [4.78, 5) is 21.5. The van der Waals surface area contributed by atoms with Crippen LogP contribution in [0.3, 0.4) is 0 Å². The summed E-state index contributed by atoms with van der Waals surface area (Å²) < 4.78 is 0. The average Bonchev–Trinajstić information content (AvgIpc) is 2.72. The van der Waals surface area contributed by atoms with Gasteiger partial charge in [-0.15, -0.1) is 0 Å². The molecule has 17 heavy (non-hydrogen) atoms. The molecular weight excluding hydrogens is 307 g/mol. The Morgan fingerprint density at radius 2 is 2.18 bits per heavy atom. The van der Waals surface area contributed by atoms with Crippen LogP contribution in [0.25, 0.3) is 0 Å². The number of hydrogen-bond donors (Lipinski definition) is 3. The molecule has 0 radical (unpaired) electrons. The van der Waals surface area contributed by atoms with E-state index in [0.717, 1.165) is 25.0 Å². The predicted octanol–water partition coefficient (Wildman–Crippen LogP) is -0.119. The van der Waals surface area contributed by atoms with E-state index in [1.165, 1.54) is 0 Å². The van der Waals surface area contributed by atoms with Crippen LogP contribution in [0.5, 0.6) is 0 Å². The molecule has 0 saturated carbocycles. The molecule has 7 heteroatoms. The molecule has 0 aliphatic carbocycles. The zero-order valence-corrected chi connectivity index (χ0v) is 12.4. The van der Waals surface area contributed by atoms with E-state index in [4.69, 9.17) is 5.11 Å². The number of amides is 2. The van der Waals surface area contributed by atoms with Gasteiger partial charge in [0, 0.05) is 17.4 Å². The molecular formula is C10H18N2O3SSe. The number of unbranched alkanes of at least 4 members (excludes halogenated alkanes) is 1. The van der Waals surface area contributed by atoms with Gasteiger partial charge in [-0.1, -0.05) is 6.42 Å². The van der Waals surface area contributed by atoms with Gasteiger partial charge in [-0.25, -0.2) is 4.79 Å². The molecule has 3 atom stereocenters. The summed E-state index contributed by atoms with van der Waals surface area (Å²) in [6.07, 6.45) is 2.88. The van der Waals surface area contributed by atoms with E-state index in [1.54, 1.807) is 0 Å². The number of nitrogens with one attached hydrogen (secondary N) is 2. The Labute approximate surface area is 115 Å². The SMILES string of the molecule is O=C(O)CCCC[C@@H]1SC[C@@H]2NC(=O)N[C@@H]21.[SeH2]. The summed E-state index contributed by atoms with van der Waals surface area (Å²) in [6.45, 7) is 0. The van der Waals surface area contributed by atoms with Crippen LogP contribution in [0.15, 0.2) is 0 Å². The van der Waals surface area contributed by atoms with Crippen LogP contribution in [0.4, 0.5) is 4.79 Å². The summed E-state index contributed by atoms with van der Waals surface area (Å²) >= 11 is 1.87. The van der Waals surface area contributed by atoms with Crippen LogP contribution < -0.4 is 10.6 Å². The van der Waals surface area contributed by atoms with Gasteiger partial charge in [-0.3, -0.25) is 4.79 Å². The van der Waals surface area contributed by atoms with Crippen molar-refractivity contribution in [1.29, 1.82) is 0 Å². The van der Waals surface area contributed by atoms with Crippen molar-refractivity contribution in [2.75, 3.05) is 5.75 Å². The van der Waals surface area contributed by atoms with Crippen LogP contribution >= 0.6 is 11.8 Å². The summed E-state index contributed by atoms with van der Waals surface area (Å²) in [5.41, 5.74) is 0. The molecule has 2 fully saturated rings. The number of carboxylic acids is 1. The number of carbonyl (C=O) groups excluding carboxylic acids is 1. The van der Waals surface area contributed by atoms with Gasteiger partial charge in [-0.05, 0) is 12.8 Å². The Morgan fingerprint density at radius 3 is 2.88 bits per heavy atom. The van der Waals surface area contributed by atoms with Gasteiger partial charge in [0.2, 0.25) is 0 Å². The molecule has 0 aromatic rings. The molecule has 2 amide bonds. The minimum absolute atomic E-state index is 0. The number of aliphatic carboxylic acids is 1. The Balaban J connectivity index is 0.00000144. The van der Waals surface area contributed by atoms with Gasteiger partial charge in [0.25, 0.3) is 0 Å². The number of hydrogen-bond acceptors (Lipinski definition) is 3. The van der Waals surface area contributed by atoms with Crippen molar-refractivity contribution in [1.82, 2.24) is 10.6 Å². The fourth-order valence-electron chi connectivity index (χ4n) is 2.26. The van der Waals surface area contributed by atoms with E-state index in [1.807, 2.05) is 11.8 Å². The Bertz CT molecular complexity index is 303. The number of carboxylic acid groups (broad SMARTS) is 1. The average molecular weight is 325 g/mol. The standard InChI is InChI=1S/C10H16N2O3S.H2Se/c13-8(14)4-2-1-3-7-9-6(5-16-7)11-10(15)12-9;/h6-7,9H,1-5H2,(H,13,14)(H2,11,12,15);1H2/t6-,7-,9-;/m0./s1. The van der Waals surface area contributed by atoms with Gasteiger partial charge >= 0.3 is 29.1 Å². The van der Waals surface area contributed by atoms with Gasteiger partial charge in [-0.2, -0.15) is 11.8 Å². The van der Waals surface area contributed by atoms with Crippen LogP contribution in [-0.2, 0) is 4.79 Å². The van der Waals surface area contributed by atoms with Gasteiger partial charge < -0.3 is 15.7 Å². The minimum atomic E-state index is -0.729. The normalized spacial score (nSPS) is 30.1. The van der Waals surface area contributed by atoms with Crippen molar-refractivity contribution in [3.63, 3.8) is 0 Å². The molecule has 2 rings (SSSR count). The number of fused-ring (bicyclic) bond motifs is 1. The second-order valence-corrected chi connectivity index (χ2v) is 5.53. The van der Waals surface area contributed by atoms with Gasteiger partial charge in [0.1, 0.15) is 0 Å². The van der Waals surface area contributed by atoms with Gasteiger partial charge in [0.15, 0.2) is 0 Å². The van der Waals surface area contributed by atoms with Crippen LogP contribution in [0.1, 0.15) is 25.7 Å². The number of carbonyl (C=O) groups is 2. The molecule has 0 spiro atoms. The molecule has 2 aliphatic heterocycles. The topological polar surface area (TPSA) is 78.4 Å². The molecule has 0 aromatic heterocycles. The fourth-order valence-corrected chi connectivity index (χ4v) is 3.81. The van der Waals surface area contributed by atoms with E-state index in [0.29, 0.717) is 5.25 Å². The Morgan fingerprint density at radius 1 is 1.41 bits per heavy atom. The molecule has 3 N–H and O–H groups in total. The van der Waals surface area contributed by atoms with Crippen LogP contribution in [0, 0.1) is 0 Å². The Kier molecular flexibility index (Phi) is 5.62. The van der Waals surface area contributed by atoms with Crippen molar-refractivity contribution >= 4 is 40.8 Å². The van der Waals surface area contributed by atoms with Crippen LogP contribution in [-0.4, -0.2) is 57.3 Å². The first-order valence-corrected chi connectivity index (χ1v) is 6.62. The number of urea groups is 1. The third kappa shape index (κ3) is 3.79. The van der Waals surface area contributed by atoms with Crippen molar-refractivity contribution < 1.29 is 14.7 Å². The molecule has 0 aromatic carbocycles. The van der Waals surface area contributed by atoms with E-state index in [9.17, 15) is 9.59 Å². The second kappa shape index (κ2) is 6.52. The maximum absolute atomic E-state index is 11.1. The monoisotopic (exact) mass is 326 g/mol. The molecule has 0 unspecified atom stereocenters. The van der Waals surface area contributed by atoms with E-state index >= 15 is 0 Å². The molecule has 0 bridgehead atoms. The third-order valence-electron chi connectivity index (χ3n) is 3.07. The zero-order chi connectivity index (χ0) is 11.5. The first kappa shape index (κ1) is 14.7. The molecule has 2 saturated heterocycles. The predicted molar refractivity (Wildman–Crippen MR) is 70.1 cm³/mol. The fraction of sp³-hybridized carbons (Fsp3) is 0.800. The van der Waals surface area contributed by atoms with Gasteiger partial charge in [0.05, 0.1) is 12.1 Å². The van der Waals surface area contributed by atoms with Crippen molar-refractivity contribution in [2.24, 2.45) is 0 Å². The Hall–Kier alpha value is -0.391. The van der Waals surface area contributed by atoms with Crippen molar-refractivity contribution in [3.05, 3.63) is 0 Å². The summed E-state index contributed by atoms with van der Waals surface area (Å²) in [6, 6.07) is 0.440. The first-order chi connectivity index (χ1) is 7.66. The van der Waals surface area contributed by atoms with E-state index in [2.05, 4.69) is 10.6 Å². The third-order valence-corrected chi connectivity index (χ3v) is 4.58. The summed E-state index contributed by atoms with van der Waals surface area (Å²) in [5.74, 6) is 0.236. The zero-order valence-electron chi connectivity index (χ0n) is 9.44. The molecule has 98 valence electrons. The second-order valence-electron chi connectivity index (χ2n) is 4.26. The first-order valence-electron chi connectivity index (χ1n) is 5.57. The van der Waals surface area contributed by atoms with Crippen LogP contribution in [0.2, 0.25) is 0 Å². The summed E-state index contributed by atoms with van der Waals surface area (Å²) in [5, 5.41) is 14.8.